The Morgan fingerprint density at radius 3 is 2.73 bits per heavy atom. The molecule has 128 valence electrons. The number of hydrogen-bond acceptors (Lipinski definition) is 4. The van der Waals surface area contributed by atoms with Crippen LogP contribution in [0.3, 0.4) is 0 Å². The van der Waals surface area contributed by atoms with E-state index in [-0.39, 0.29) is 18.1 Å². The van der Waals surface area contributed by atoms with Gasteiger partial charge in [0.2, 0.25) is 0 Å². The predicted molar refractivity (Wildman–Crippen MR) is 88.8 cm³/mol. The Bertz CT molecular complexity index is 394. The molecule has 0 radical (unpaired) electrons. The highest BCUT2D eigenvalue weighted by molar-refractivity contribution is 5.17. The zero-order valence-corrected chi connectivity index (χ0v) is 14.7. The highest BCUT2D eigenvalue weighted by Crippen LogP contribution is 2.42. The zero-order chi connectivity index (χ0) is 16.2. The summed E-state index contributed by atoms with van der Waals surface area (Å²) in [6.45, 7) is 12.7. The molecule has 2 unspecified atom stereocenters. The smallest absolute Gasteiger partial charge is 0.172 e. The summed E-state index contributed by atoms with van der Waals surface area (Å²) in [6, 6.07) is 0. The van der Waals surface area contributed by atoms with Crippen LogP contribution in [-0.4, -0.2) is 54.7 Å². The van der Waals surface area contributed by atoms with Crippen molar-refractivity contribution in [2.24, 2.45) is 5.41 Å². The lowest BCUT2D eigenvalue weighted by atomic mass is 9.78. The van der Waals surface area contributed by atoms with Crippen LogP contribution in [0.1, 0.15) is 53.4 Å². The molecule has 2 rings (SSSR count). The Labute approximate surface area is 135 Å². The van der Waals surface area contributed by atoms with Gasteiger partial charge in [0.1, 0.15) is 0 Å². The van der Waals surface area contributed by atoms with Crippen molar-refractivity contribution in [1.29, 1.82) is 0 Å². The van der Waals surface area contributed by atoms with Crippen LogP contribution in [0.4, 0.5) is 0 Å². The minimum Gasteiger partial charge on any atom is -0.395 e. The second-order valence-corrected chi connectivity index (χ2v) is 7.33. The van der Waals surface area contributed by atoms with Gasteiger partial charge in [-0.3, -0.25) is 0 Å². The van der Waals surface area contributed by atoms with Crippen LogP contribution in [0, 0.1) is 5.41 Å². The van der Waals surface area contributed by atoms with Gasteiger partial charge in [-0.25, -0.2) is 0 Å². The van der Waals surface area contributed by atoms with Gasteiger partial charge in [-0.2, -0.15) is 0 Å². The number of ether oxygens (including phenoxy) is 2. The topological polar surface area (TPSA) is 41.9 Å². The van der Waals surface area contributed by atoms with E-state index in [9.17, 15) is 5.11 Å². The number of likely N-dealkylation sites (N-methyl/N-ethyl adjacent to an activating group) is 1. The van der Waals surface area contributed by atoms with Crippen molar-refractivity contribution in [2.45, 2.75) is 65.3 Å². The Morgan fingerprint density at radius 1 is 1.41 bits per heavy atom. The average Bonchev–Trinajstić information content (AvgIpc) is 2.89. The van der Waals surface area contributed by atoms with Crippen molar-refractivity contribution < 1.29 is 14.6 Å². The summed E-state index contributed by atoms with van der Waals surface area (Å²) in [5.41, 5.74) is 1.21. The fourth-order valence-electron chi connectivity index (χ4n) is 3.45. The minimum atomic E-state index is -0.411. The van der Waals surface area contributed by atoms with Crippen molar-refractivity contribution >= 4 is 0 Å². The van der Waals surface area contributed by atoms with E-state index < -0.39 is 5.79 Å². The monoisotopic (exact) mass is 311 g/mol. The first-order valence-electron chi connectivity index (χ1n) is 8.79. The standard InChI is InChI=1S/C18H33NO3/c1-5-11-19(6-2)12-16-13-21-18(22-16)9-7-15(8-10-18)17(3,4)14-20/h7,16,20H,5-6,8-14H2,1-4H3. The lowest BCUT2D eigenvalue weighted by molar-refractivity contribution is -0.174. The van der Waals surface area contributed by atoms with E-state index in [2.05, 4.69) is 38.7 Å². The van der Waals surface area contributed by atoms with Crippen LogP contribution < -0.4 is 0 Å². The Hall–Kier alpha value is -0.420. The van der Waals surface area contributed by atoms with Crippen molar-refractivity contribution in [3.63, 3.8) is 0 Å². The van der Waals surface area contributed by atoms with Gasteiger partial charge >= 0.3 is 0 Å². The molecule has 0 aromatic rings. The van der Waals surface area contributed by atoms with Crippen LogP contribution in [0.2, 0.25) is 0 Å². The summed E-state index contributed by atoms with van der Waals surface area (Å²) < 4.78 is 12.3. The second-order valence-electron chi connectivity index (χ2n) is 7.33. The summed E-state index contributed by atoms with van der Waals surface area (Å²) in [5.74, 6) is -0.411. The van der Waals surface area contributed by atoms with Crippen LogP contribution in [0.5, 0.6) is 0 Å². The Balaban J connectivity index is 1.90. The van der Waals surface area contributed by atoms with E-state index in [1.807, 2.05) is 0 Å². The highest BCUT2D eigenvalue weighted by atomic mass is 16.7. The molecular weight excluding hydrogens is 278 g/mol. The van der Waals surface area contributed by atoms with Crippen molar-refractivity contribution in [3.8, 4) is 0 Å². The Morgan fingerprint density at radius 2 is 2.18 bits per heavy atom. The van der Waals surface area contributed by atoms with Gasteiger partial charge in [0.25, 0.3) is 0 Å². The normalized spacial score (nSPS) is 29.4. The predicted octanol–water partition coefficient (Wildman–Crippen LogP) is 2.96. The molecule has 22 heavy (non-hydrogen) atoms. The first kappa shape index (κ1) is 17.9. The molecular formula is C18H33NO3. The maximum Gasteiger partial charge on any atom is 0.172 e. The van der Waals surface area contributed by atoms with Crippen LogP contribution in [-0.2, 0) is 9.47 Å². The number of aliphatic hydroxyl groups is 1. The highest BCUT2D eigenvalue weighted by Gasteiger charge is 2.43. The summed E-state index contributed by atoms with van der Waals surface area (Å²) >= 11 is 0. The molecule has 1 aliphatic heterocycles. The van der Waals surface area contributed by atoms with E-state index in [1.165, 1.54) is 12.0 Å². The largest absolute Gasteiger partial charge is 0.395 e. The van der Waals surface area contributed by atoms with Gasteiger partial charge in [-0.1, -0.05) is 39.3 Å². The molecule has 1 aliphatic carbocycles. The molecule has 1 saturated heterocycles. The van der Waals surface area contributed by atoms with E-state index in [0.29, 0.717) is 6.61 Å². The maximum absolute atomic E-state index is 9.51. The number of nitrogens with zero attached hydrogens (tertiary/aromatic N) is 1. The van der Waals surface area contributed by atoms with Gasteiger partial charge in [0.05, 0.1) is 19.3 Å². The molecule has 4 heteroatoms. The third-order valence-corrected chi connectivity index (χ3v) is 5.06. The van der Waals surface area contributed by atoms with E-state index >= 15 is 0 Å². The summed E-state index contributed by atoms with van der Waals surface area (Å²) in [7, 11) is 0. The molecule has 0 aromatic carbocycles. The fraction of sp³-hybridized carbons (Fsp3) is 0.889. The van der Waals surface area contributed by atoms with Crippen molar-refractivity contribution in [2.75, 3.05) is 32.8 Å². The van der Waals surface area contributed by atoms with E-state index in [0.717, 1.165) is 38.9 Å². The van der Waals surface area contributed by atoms with Gasteiger partial charge in [0.15, 0.2) is 5.79 Å². The third-order valence-electron chi connectivity index (χ3n) is 5.06. The van der Waals surface area contributed by atoms with Gasteiger partial charge in [0, 0.05) is 24.8 Å². The average molecular weight is 311 g/mol. The van der Waals surface area contributed by atoms with Gasteiger partial charge in [-0.15, -0.1) is 0 Å². The molecule has 2 aliphatic rings. The lowest BCUT2D eigenvalue weighted by Gasteiger charge is -2.36. The number of aliphatic hydroxyl groups excluding tert-OH is 1. The molecule has 0 amide bonds. The van der Waals surface area contributed by atoms with E-state index in [1.54, 1.807) is 0 Å². The molecule has 2 atom stereocenters. The SMILES string of the molecule is CCCN(CC)CC1COC2(CC=C(C(C)(C)CO)CC2)O1. The van der Waals surface area contributed by atoms with E-state index in [4.69, 9.17) is 9.47 Å². The van der Waals surface area contributed by atoms with Gasteiger partial charge in [-0.05, 0) is 25.9 Å². The second kappa shape index (κ2) is 7.43. The molecule has 0 bridgehead atoms. The molecule has 1 fully saturated rings. The molecule has 0 saturated carbocycles. The Kier molecular flexibility index (Phi) is 6.06. The lowest BCUT2D eigenvalue weighted by Crippen LogP contribution is -2.38. The van der Waals surface area contributed by atoms with Crippen molar-refractivity contribution in [3.05, 3.63) is 11.6 Å². The molecule has 1 N–H and O–H groups in total. The quantitative estimate of drug-likeness (QED) is 0.734. The zero-order valence-electron chi connectivity index (χ0n) is 14.7. The molecule has 1 spiro atoms. The van der Waals surface area contributed by atoms with Crippen LogP contribution in [0.15, 0.2) is 11.6 Å². The first-order chi connectivity index (χ1) is 10.4. The first-order valence-corrected chi connectivity index (χ1v) is 8.79. The van der Waals surface area contributed by atoms with Crippen molar-refractivity contribution in [1.82, 2.24) is 4.90 Å². The summed E-state index contributed by atoms with van der Waals surface area (Å²) in [6.07, 6.45) is 6.25. The number of hydrogen-bond donors (Lipinski definition) is 1. The summed E-state index contributed by atoms with van der Waals surface area (Å²) in [4.78, 5) is 2.44. The molecule has 4 nitrogen and oxygen atoms in total. The van der Waals surface area contributed by atoms with Crippen LogP contribution >= 0.6 is 0 Å². The molecule has 0 aromatic heterocycles. The number of rotatable bonds is 7. The third kappa shape index (κ3) is 4.10. The van der Waals surface area contributed by atoms with Gasteiger partial charge < -0.3 is 19.5 Å². The summed E-state index contributed by atoms with van der Waals surface area (Å²) in [5, 5.41) is 9.51. The fourth-order valence-corrected chi connectivity index (χ4v) is 3.45. The maximum atomic E-state index is 9.51. The minimum absolute atomic E-state index is 0.125. The molecule has 1 heterocycles. The van der Waals surface area contributed by atoms with Crippen LogP contribution in [0.25, 0.3) is 0 Å².